The number of aryl methyl sites for hydroxylation is 1. The van der Waals surface area contributed by atoms with Crippen molar-refractivity contribution in [1.29, 1.82) is 0 Å². The lowest BCUT2D eigenvalue weighted by Crippen LogP contribution is -1.98. The van der Waals surface area contributed by atoms with Crippen molar-refractivity contribution in [2.24, 2.45) is 0 Å². The van der Waals surface area contributed by atoms with Crippen LogP contribution in [-0.2, 0) is 0 Å². The second-order valence-corrected chi connectivity index (χ2v) is 3.34. The predicted molar refractivity (Wildman–Crippen MR) is 61.8 cm³/mol. The molecule has 1 N–H and O–H groups in total. The van der Waals surface area contributed by atoms with Crippen molar-refractivity contribution in [1.82, 2.24) is 9.97 Å². The minimum absolute atomic E-state index is 0.652. The van der Waals surface area contributed by atoms with Gasteiger partial charge in [-0.05, 0) is 12.5 Å². The first-order chi connectivity index (χ1) is 7.31. The van der Waals surface area contributed by atoms with E-state index in [9.17, 15) is 0 Å². The molecule has 0 saturated carbocycles. The maximum Gasteiger partial charge on any atom is 0.222 e. The second kappa shape index (κ2) is 4.09. The Kier molecular flexibility index (Phi) is 2.63. The molecule has 0 atom stereocenters. The first-order valence-corrected chi connectivity index (χ1v) is 4.88. The summed E-state index contributed by atoms with van der Waals surface area (Å²) in [6.07, 6.45) is 1.83. The smallest absolute Gasteiger partial charge is 0.222 e. The summed E-state index contributed by atoms with van der Waals surface area (Å²) >= 11 is 0. The van der Waals surface area contributed by atoms with Gasteiger partial charge in [-0.25, -0.2) is 9.97 Å². The van der Waals surface area contributed by atoms with E-state index >= 15 is 0 Å². The van der Waals surface area contributed by atoms with Crippen LogP contribution in [0.15, 0.2) is 36.5 Å². The quantitative estimate of drug-likeness (QED) is 0.807. The van der Waals surface area contributed by atoms with Crippen molar-refractivity contribution >= 4 is 5.95 Å². The van der Waals surface area contributed by atoms with Crippen LogP contribution in [0.1, 0.15) is 5.56 Å². The summed E-state index contributed by atoms with van der Waals surface area (Å²) in [6, 6.07) is 10.1. The number of nitrogens with zero attached hydrogens (tertiary/aromatic N) is 2. The predicted octanol–water partition coefficient (Wildman–Crippen LogP) is 2.49. The van der Waals surface area contributed by atoms with E-state index < -0.39 is 0 Å². The number of aromatic nitrogens is 2. The van der Waals surface area contributed by atoms with Gasteiger partial charge in [-0.3, -0.25) is 0 Å². The molecule has 0 aliphatic carbocycles. The number of nitrogens with one attached hydrogen (secondary N) is 1. The van der Waals surface area contributed by atoms with Crippen LogP contribution in [0.2, 0.25) is 0 Å². The Morgan fingerprint density at radius 1 is 1.13 bits per heavy atom. The van der Waals surface area contributed by atoms with Crippen LogP contribution < -0.4 is 5.32 Å². The standard InChI is InChI=1S/C12H13N3/c1-9-8-14-12(13-2)15-11(9)10-6-4-3-5-7-10/h3-8H,1-2H3,(H,13,14,15). The highest BCUT2D eigenvalue weighted by atomic mass is 15.1. The van der Waals surface area contributed by atoms with Gasteiger partial charge in [-0.1, -0.05) is 30.3 Å². The van der Waals surface area contributed by atoms with Crippen molar-refractivity contribution in [2.45, 2.75) is 6.92 Å². The molecule has 0 fully saturated rings. The van der Waals surface area contributed by atoms with E-state index in [4.69, 9.17) is 0 Å². The molecule has 1 aromatic carbocycles. The van der Waals surface area contributed by atoms with Gasteiger partial charge in [-0.15, -0.1) is 0 Å². The molecule has 0 aliphatic rings. The van der Waals surface area contributed by atoms with Crippen LogP contribution in [0.3, 0.4) is 0 Å². The summed E-state index contributed by atoms with van der Waals surface area (Å²) in [5, 5.41) is 2.94. The van der Waals surface area contributed by atoms with E-state index in [1.807, 2.05) is 38.4 Å². The van der Waals surface area contributed by atoms with Crippen LogP contribution in [0.25, 0.3) is 11.3 Å². The molecular weight excluding hydrogens is 186 g/mol. The number of hydrogen-bond acceptors (Lipinski definition) is 3. The molecule has 1 heterocycles. The van der Waals surface area contributed by atoms with Crippen molar-refractivity contribution in [3.8, 4) is 11.3 Å². The van der Waals surface area contributed by atoms with Gasteiger partial charge in [-0.2, -0.15) is 0 Å². The lowest BCUT2D eigenvalue weighted by Gasteiger charge is -2.06. The average molecular weight is 199 g/mol. The highest BCUT2D eigenvalue weighted by Crippen LogP contribution is 2.20. The minimum Gasteiger partial charge on any atom is -0.357 e. The molecule has 1 aromatic heterocycles. The average Bonchev–Trinajstić information content (AvgIpc) is 2.31. The molecule has 0 bridgehead atoms. The maximum atomic E-state index is 4.44. The Hall–Kier alpha value is -1.90. The van der Waals surface area contributed by atoms with Gasteiger partial charge >= 0.3 is 0 Å². The van der Waals surface area contributed by atoms with Gasteiger partial charge in [0.1, 0.15) is 0 Å². The Morgan fingerprint density at radius 2 is 1.87 bits per heavy atom. The molecule has 15 heavy (non-hydrogen) atoms. The van der Waals surface area contributed by atoms with Gasteiger partial charge in [0, 0.05) is 18.8 Å². The minimum atomic E-state index is 0.652. The van der Waals surface area contributed by atoms with Crippen LogP contribution in [0.5, 0.6) is 0 Å². The highest BCUT2D eigenvalue weighted by Gasteiger charge is 2.04. The lowest BCUT2D eigenvalue weighted by molar-refractivity contribution is 1.12. The van der Waals surface area contributed by atoms with Crippen molar-refractivity contribution < 1.29 is 0 Å². The third kappa shape index (κ3) is 1.96. The Balaban J connectivity index is 2.52. The Labute approximate surface area is 89.2 Å². The summed E-state index contributed by atoms with van der Waals surface area (Å²) in [4.78, 5) is 8.60. The van der Waals surface area contributed by atoms with E-state index in [0.29, 0.717) is 5.95 Å². The van der Waals surface area contributed by atoms with Crippen LogP contribution in [-0.4, -0.2) is 17.0 Å². The zero-order chi connectivity index (χ0) is 10.7. The molecule has 3 heteroatoms. The molecule has 3 nitrogen and oxygen atoms in total. The largest absolute Gasteiger partial charge is 0.357 e. The molecule has 0 radical (unpaired) electrons. The lowest BCUT2D eigenvalue weighted by atomic mass is 10.1. The number of hydrogen-bond donors (Lipinski definition) is 1. The zero-order valence-corrected chi connectivity index (χ0v) is 8.86. The number of anilines is 1. The van der Waals surface area contributed by atoms with Gasteiger partial charge in [0.05, 0.1) is 5.69 Å². The Morgan fingerprint density at radius 3 is 2.53 bits per heavy atom. The zero-order valence-electron chi connectivity index (χ0n) is 8.86. The fourth-order valence-electron chi connectivity index (χ4n) is 1.45. The molecule has 2 aromatic rings. The van der Waals surface area contributed by atoms with E-state index in [0.717, 1.165) is 16.8 Å². The van der Waals surface area contributed by atoms with Crippen molar-refractivity contribution in [2.75, 3.05) is 12.4 Å². The normalized spacial score (nSPS) is 10.0. The Bertz CT molecular complexity index is 452. The third-order valence-corrected chi connectivity index (χ3v) is 2.24. The van der Waals surface area contributed by atoms with E-state index in [2.05, 4.69) is 27.4 Å². The summed E-state index contributed by atoms with van der Waals surface area (Å²) in [6.45, 7) is 2.02. The summed E-state index contributed by atoms with van der Waals surface area (Å²) in [7, 11) is 1.82. The van der Waals surface area contributed by atoms with Crippen LogP contribution in [0.4, 0.5) is 5.95 Å². The van der Waals surface area contributed by atoms with Gasteiger partial charge in [0.25, 0.3) is 0 Å². The first-order valence-electron chi connectivity index (χ1n) is 4.88. The van der Waals surface area contributed by atoms with E-state index in [-0.39, 0.29) is 0 Å². The van der Waals surface area contributed by atoms with Gasteiger partial charge in [0.2, 0.25) is 5.95 Å². The van der Waals surface area contributed by atoms with Crippen molar-refractivity contribution in [3.63, 3.8) is 0 Å². The fourth-order valence-corrected chi connectivity index (χ4v) is 1.45. The summed E-state index contributed by atoms with van der Waals surface area (Å²) in [5.74, 6) is 0.652. The maximum absolute atomic E-state index is 4.44. The summed E-state index contributed by atoms with van der Waals surface area (Å²) < 4.78 is 0. The molecule has 2 rings (SSSR count). The molecule has 76 valence electrons. The van der Waals surface area contributed by atoms with Crippen LogP contribution >= 0.6 is 0 Å². The third-order valence-electron chi connectivity index (χ3n) is 2.24. The monoisotopic (exact) mass is 199 g/mol. The van der Waals surface area contributed by atoms with Gasteiger partial charge < -0.3 is 5.32 Å². The molecule has 0 amide bonds. The van der Waals surface area contributed by atoms with E-state index in [1.54, 1.807) is 0 Å². The molecule has 0 unspecified atom stereocenters. The highest BCUT2D eigenvalue weighted by molar-refractivity contribution is 5.63. The molecule has 0 spiro atoms. The molecule has 0 aliphatic heterocycles. The molecule has 0 saturated heterocycles. The summed E-state index contributed by atoms with van der Waals surface area (Å²) in [5.41, 5.74) is 3.18. The topological polar surface area (TPSA) is 37.8 Å². The first kappa shape index (κ1) is 9.65. The van der Waals surface area contributed by atoms with E-state index in [1.165, 1.54) is 0 Å². The fraction of sp³-hybridized carbons (Fsp3) is 0.167. The number of rotatable bonds is 2. The van der Waals surface area contributed by atoms with Crippen molar-refractivity contribution in [3.05, 3.63) is 42.1 Å². The molecular formula is C12H13N3. The SMILES string of the molecule is CNc1ncc(C)c(-c2ccccc2)n1. The van der Waals surface area contributed by atoms with Gasteiger partial charge in [0.15, 0.2) is 0 Å². The van der Waals surface area contributed by atoms with Crippen LogP contribution in [0, 0.1) is 6.92 Å². The number of benzene rings is 1. The second-order valence-electron chi connectivity index (χ2n) is 3.34.